The maximum absolute atomic E-state index is 11.9. The summed E-state index contributed by atoms with van der Waals surface area (Å²) in [6.07, 6.45) is 7.77. The smallest absolute Gasteiger partial charge is 0.254 e. The Morgan fingerprint density at radius 1 is 0.968 bits per heavy atom. The third-order valence-corrected chi connectivity index (χ3v) is 5.71. The van der Waals surface area contributed by atoms with Gasteiger partial charge in [0.1, 0.15) is 12.4 Å². The van der Waals surface area contributed by atoms with Crippen molar-refractivity contribution in [2.45, 2.75) is 44.8 Å². The van der Waals surface area contributed by atoms with Gasteiger partial charge in [-0.1, -0.05) is 61.7 Å². The number of benzene rings is 3. The van der Waals surface area contributed by atoms with Gasteiger partial charge in [-0.3, -0.25) is 4.79 Å². The van der Waals surface area contributed by atoms with E-state index in [4.69, 9.17) is 4.74 Å². The van der Waals surface area contributed by atoms with Crippen LogP contribution in [0.5, 0.6) is 5.75 Å². The van der Waals surface area contributed by atoms with E-state index in [2.05, 4.69) is 46.2 Å². The average Bonchev–Trinajstić information content (AvgIpc) is 2.83. The van der Waals surface area contributed by atoms with Crippen LogP contribution < -0.4 is 15.5 Å². The molecule has 5 nitrogen and oxygen atoms in total. The van der Waals surface area contributed by atoms with Crippen LogP contribution in [-0.4, -0.2) is 24.7 Å². The minimum Gasteiger partial charge on any atom is -0.489 e. The van der Waals surface area contributed by atoms with Crippen LogP contribution in [0.4, 0.5) is 0 Å². The van der Waals surface area contributed by atoms with Gasteiger partial charge in [0, 0.05) is 6.04 Å². The van der Waals surface area contributed by atoms with E-state index >= 15 is 0 Å². The van der Waals surface area contributed by atoms with Crippen molar-refractivity contribution in [2.75, 3.05) is 6.54 Å². The Kier molecular flexibility index (Phi) is 7.29. The maximum Gasteiger partial charge on any atom is 0.254 e. The van der Waals surface area contributed by atoms with Gasteiger partial charge < -0.3 is 10.1 Å². The lowest BCUT2D eigenvalue weighted by atomic mass is 9.95. The SMILES string of the molecule is O=C(CNC1CCCCC1)N/N=C\c1ccc(OCc2cccc3ccccc23)cc1. The molecule has 1 saturated carbocycles. The Bertz CT molecular complexity index is 1020. The summed E-state index contributed by atoms with van der Waals surface area (Å²) in [5.41, 5.74) is 4.65. The van der Waals surface area contributed by atoms with Gasteiger partial charge in [-0.2, -0.15) is 5.10 Å². The summed E-state index contributed by atoms with van der Waals surface area (Å²) in [5, 5.41) is 9.80. The molecule has 3 aromatic rings. The van der Waals surface area contributed by atoms with Crippen LogP contribution in [0.25, 0.3) is 10.8 Å². The maximum atomic E-state index is 11.9. The average molecular weight is 416 g/mol. The number of rotatable bonds is 8. The molecule has 0 saturated heterocycles. The highest BCUT2D eigenvalue weighted by atomic mass is 16.5. The number of ether oxygens (including phenoxy) is 1. The third kappa shape index (κ3) is 6.15. The fourth-order valence-electron chi connectivity index (χ4n) is 3.99. The van der Waals surface area contributed by atoms with Gasteiger partial charge in [0.05, 0.1) is 12.8 Å². The third-order valence-electron chi connectivity index (χ3n) is 5.71. The van der Waals surface area contributed by atoms with Crippen molar-refractivity contribution in [1.29, 1.82) is 0 Å². The molecule has 0 aromatic heterocycles. The summed E-state index contributed by atoms with van der Waals surface area (Å²) < 4.78 is 5.96. The summed E-state index contributed by atoms with van der Waals surface area (Å²) in [4.78, 5) is 11.9. The molecule has 1 aliphatic carbocycles. The number of hydrazone groups is 1. The predicted molar refractivity (Wildman–Crippen MR) is 125 cm³/mol. The van der Waals surface area contributed by atoms with Crippen LogP contribution in [0, 0.1) is 0 Å². The highest BCUT2D eigenvalue weighted by Crippen LogP contribution is 2.21. The number of hydrogen-bond donors (Lipinski definition) is 2. The summed E-state index contributed by atoms with van der Waals surface area (Å²) in [5.74, 6) is 0.683. The van der Waals surface area contributed by atoms with E-state index in [1.807, 2.05) is 36.4 Å². The predicted octanol–water partition coefficient (Wildman–Crippen LogP) is 4.79. The Labute approximate surface area is 183 Å². The molecule has 1 aliphatic rings. The zero-order valence-corrected chi connectivity index (χ0v) is 17.7. The Morgan fingerprint density at radius 2 is 1.74 bits per heavy atom. The number of carbonyl (C=O) groups is 1. The van der Waals surface area contributed by atoms with Crippen molar-refractivity contribution < 1.29 is 9.53 Å². The number of hydrogen-bond acceptors (Lipinski definition) is 4. The van der Waals surface area contributed by atoms with Crippen LogP contribution in [0.15, 0.2) is 71.8 Å². The minimum atomic E-state index is -0.114. The first kappa shape index (κ1) is 21.1. The molecule has 0 heterocycles. The van der Waals surface area contributed by atoms with Crippen molar-refractivity contribution in [2.24, 2.45) is 5.10 Å². The van der Waals surface area contributed by atoms with E-state index in [0.717, 1.165) is 29.7 Å². The van der Waals surface area contributed by atoms with Crippen LogP contribution in [0.1, 0.15) is 43.2 Å². The number of nitrogens with zero attached hydrogens (tertiary/aromatic N) is 1. The molecule has 5 heteroatoms. The molecular formula is C26H29N3O2. The fourth-order valence-corrected chi connectivity index (χ4v) is 3.99. The number of nitrogens with one attached hydrogen (secondary N) is 2. The topological polar surface area (TPSA) is 62.7 Å². The summed E-state index contributed by atoms with van der Waals surface area (Å²) in [6.45, 7) is 0.821. The summed E-state index contributed by atoms with van der Waals surface area (Å²) in [6, 6.07) is 22.7. The van der Waals surface area contributed by atoms with Crippen LogP contribution >= 0.6 is 0 Å². The Hall–Kier alpha value is -3.18. The second-order valence-corrected chi connectivity index (χ2v) is 8.00. The first-order valence-electron chi connectivity index (χ1n) is 11.0. The summed E-state index contributed by atoms with van der Waals surface area (Å²) in [7, 11) is 0. The van der Waals surface area contributed by atoms with Gasteiger partial charge in [0.15, 0.2) is 0 Å². The molecular weight excluding hydrogens is 386 g/mol. The molecule has 3 aromatic carbocycles. The van der Waals surface area contributed by atoms with E-state index in [0.29, 0.717) is 19.2 Å². The molecule has 0 aliphatic heterocycles. The van der Waals surface area contributed by atoms with E-state index in [9.17, 15) is 4.79 Å². The van der Waals surface area contributed by atoms with Gasteiger partial charge in [-0.15, -0.1) is 0 Å². The van der Waals surface area contributed by atoms with Crippen molar-refractivity contribution in [3.8, 4) is 5.75 Å². The molecule has 0 spiro atoms. The molecule has 31 heavy (non-hydrogen) atoms. The lowest BCUT2D eigenvalue weighted by molar-refractivity contribution is -0.120. The fraction of sp³-hybridized carbons (Fsp3) is 0.308. The van der Waals surface area contributed by atoms with Crippen LogP contribution in [-0.2, 0) is 11.4 Å². The molecule has 0 unspecified atom stereocenters. The lowest BCUT2D eigenvalue weighted by Gasteiger charge is -2.22. The van der Waals surface area contributed by atoms with Crippen LogP contribution in [0.2, 0.25) is 0 Å². The van der Waals surface area contributed by atoms with Crippen molar-refractivity contribution >= 4 is 22.9 Å². The zero-order chi connectivity index (χ0) is 21.3. The van der Waals surface area contributed by atoms with Crippen LogP contribution in [0.3, 0.4) is 0 Å². The van der Waals surface area contributed by atoms with E-state index in [1.165, 1.54) is 30.0 Å². The van der Waals surface area contributed by atoms with Crippen molar-refractivity contribution in [3.63, 3.8) is 0 Å². The first-order chi connectivity index (χ1) is 15.3. The van der Waals surface area contributed by atoms with E-state index in [-0.39, 0.29) is 5.91 Å². The lowest BCUT2D eigenvalue weighted by Crippen LogP contribution is -2.38. The normalized spacial score (nSPS) is 14.7. The molecule has 0 atom stereocenters. The molecule has 160 valence electrons. The second-order valence-electron chi connectivity index (χ2n) is 8.00. The summed E-state index contributed by atoms with van der Waals surface area (Å²) >= 11 is 0. The Balaban J connectivity index is 1.23. The monoisotopic (exact) mass is 415 g/mol. The minimum absolute atomic E-state index is 0.114. The molecule has 0 radical (unpaired) electrons. The molecule has 0 bridgehead atoms. The van der Waals surface area contributed by atoms with Gasteiger partial charge in [0.2, 0.25) is 0 Å². The number of fused-ring (bicyclic) bond motifs is 1. The highest BCUT2D eigenvalue weighted by Gasteiger charge is 2.13. The molecule has 1 amide bonds. The van der Waals surface area contributed by atoms with Gasteiger partial charge >= 0.3 is 0 Å². The van der Waals surface area contributed by atoms with Crippen molar-refractivity contribution in [3.05, 3.63) is 77.9 Å². The van der Waals surface area contributed by atoms with Crippen molar-refractivity contribution in [1.82, 2.24) is 10.7 Å². The number of amides is 1. The standard InChI is InChI=1S/C26H29N3O2/c30-26(18-27-23-10-2-1-3-11-23)29-28-17-20-13-15-24(16-14-20)31-19-22-9-6-8-21-7-4-5-12-25(21)22/h4-9,12-17,23,27H,1-3,10-11,18-19H2,(H,29,30)/b28-17-. The highest BCUT2D eigenvalue weighted by molar-refractivity contribution is 5.85. The van der Waals surface area contributed by atoms with Gasteiger partial charge in [0.25, 0.3) is 5.91 Å². The quantitative estimate of drug-likeness (QED) is 0.411. The van der Waals surface area contributed by atoms with E-state index < -0.39 is 0 Å². The Morgan fingerprint density at radius 3 is 2.58 bits per heavy atom. The van der Waals surface area contributed by atoms with E-state index in [1.54, 1.807) is 6.21 Å². The zero-order valence-electron chi connectivity index (χ0n) is 17.7. The van der Waals surface area contributed by atoms with Gasteiger partial charge in [-0.05, 0) is 59.0 Å². The molecule has 4 rings (SSSR count). The molecule has 2 N–H and O–H groups in total. The largest absolute Gasteiger partial charge is 0.489 e. The second kappa shape index (κ2) is 10.7. The first-order valence-corrected chi connectivity index (χ1v) is 11.0. The number of carbonyl (C=O) groups excluding carboxylic acids is 1. The van der Waals surface area contributed by atoms with Gasteiger partial charge in [-0.25, -0.2) is 5.43 Å². The molecule has 1 fully saturated rings.